The molecule has 0 aliphatic carbocycles. The molecule has 1 aliphatic heterocycles. The molecule has 1 N–H and O–H groups in total. The van der Waals surface area contributed by atoms with Crippen LogP contribution in [0.2, 0.25) is 0 Å². The number of aryl methyl sites for hydroxylation is 1. The van der Waals surface area contributed by atoms with Gasteiger partial charge in [-0.3, -0.25) is 14.7 Å². The van der Waals surface area contributed by atoms with E-state index in [-0.39, 0.29) is 11.7 Å². The van der Waals surface area contributed by atoms with Gasteiger partial charge >= 0.3 is 0 Å². The van der Waals surface area contributed by atoms with E-state index in [1.807, 2.05) is 35.4 Å². The molecule has 4 aromatic rings. The van der Waals surface area contributed by atoms with Crippen molar-refractivity contribution >= 4 is 16.8 Å². The van der Waals surface area contributed by atoms with Gasteiger partial charge in [0.25, 0.3) is 0 Å². The number of aromatic nitrogens is 2. The topological polar surface area (TPSA) is 52.2 Å². The summed E-state index contributed by atoms with van der Waals surface area (Å²) in [6.07, 6.45) is 4.79. The van der Waals surface area contributed by atoms with Crippen molar-refractivity contribution in [1.29, 1.82) is 0 Å². The van der Waals surface area contributed by atoms with Crippen LogP contribution in [-0.2, 0) is 17.8 Å². The summed E-state index contributed by atoms with van der Waals surface area (Å²) in [5.74, 6) is -0.0689. The summed E-state index contributed by atoms with van der Waals surface area (Å²) >= 11 is 0. The van der Waals surface area contributed by atoms with Crippen LogP contribution in [0.4, 0.5) is 4.39 Å². The predicted octanol–water partition coefficient (Wildman–Crippen LogP) is 4.65. The third-order valence-corrected chi connectivity index (χ3v) is 6.39. The molecule has 1 fully saturated rings. The molecule has 5 rings (SSSR count). The first-order valence-corrected chi connectivity index (χ1v) is 11.4. The van der Waals surface area contributed by atoms with Crippen molar-refractivity contribution in [3.8, 4) is 11.3 Å². The fraction of sp³-hybridized carbons (Fsp3) is 0.259. The fourth-order valence-corrected chi connectivity index (χ4v) is 4.62. The lowest BCUT2D eigenvalue weighted by atomic mass is 10.0. The van der Waals surface area contributed by atoms with E-state index in [0.717, 1.165) is 60.4 Å². The van der Waals surface area contributed by atoms with Crippen molar-refractivity contribution in [3.05, 3.63) is 90.0 Å². The zero-order chi connectivity index (χ0) is 22.6. The molecule has 1 aliphatic rings. The zero-order valence-corrected chi connectivity index (χ0v) is 18.5. The average Bonchev–Trinajstić information content (AvgIpc) is 3.22. The van der Waals surface area contributed by atoms with E-state index in [4.69, 9.17) is 0 Å². The second kappa shape index (κ2) is 9.55. The second-order valence-corrected chi connectivity index (χ2v) is 8.55. The number of pyridine rings is 1. The van der Waals surface area contributed by atoms with Gasteiger partial charge in [-0.1, -0.05) is 24.3 Å². The number of amides is 1. The lowest BCUT2D eigenvalue weighted by Gasteiger charge is -2.34. The molecular weight excluding hydrogens is 415 g/mol. The molecule has 2 aromatic carbocycles. The third-order valence-electron chi connectivity index (χ3n) is 6.39. The van der Waals surface area contributed by atoms with E-state index in [0.29, 0.717) is 12.8 Å². The first-order chi connectivity index (χ1) is 16.2. The lowest BCUT2D eigenvalue weighted by Crippen LogP contribution is -2.48. The lowest BCUT2D eigenvalue weighted by molar-refractivity contribution is -0.132. The van der Waals surface area contributed by atoms with Gasteiger partial charge in [0, 0.05) is 68.1 Å². The first kappa shape index (κ1) is 21.3. The Kier molecular flexibility index (Phi) is 6.17. The number of halogens is 1. The minimum Gasteiger partial charge on any atom is -0.354 e. The van der Waals surface area contributed by atoms with Crippen molar-refractivity contribution in [2.24, 2.45) is 0 Å². The van der Waals surface area contributed by atoms with E-state index >= 15 is 0 Å². The highest BCUT2D eigenvalue weighted by atomic mass is 19.1. The number of H-pyrrole nitrogens is 1. The van der Waals surface area contributed by atoms with Crippen molar-refractivity contribution in [1.82, 2.24) is 19.8 Å². The van der Waals surface area contributed by atoms with Crippen molar-refractivity contribution in [2.75, 3.05) is 26.2 Å². The molecule has 6 heteroatoms. The Labute approximate surface area is 192 Å². The summed E-state index contributed by atoms with van der Waals surface area (Å²) in [6, 6.07) is 18.7. The van der Waals surface area contributed by atoms with Gasteiger partial charge in [-0.05, 0) is 59.5 Å². The van der Waals surface area contributed by atoms with Crippen molar-refractivity contribution in [3.63, 3.8) is 0 Å². The van der Waals surface area contributed by atoms with Gasteiger partial charge in [0.15, 0.2) is 0 Å². The summed E-state index contributed by atoms with van der Waals surface area (Å²) < 4.78 is 13.5. The Morgan fingerprint density at radius 3 is 2.52 bits per heavy atom. The van der Waals surface area contributed by atoms with Crippen LogP contribution in [0.1, 0.15) is 17.5 Å². The number of fused-ring (bicyclic) bond motifs is 1. The molecule has 1 amide bonds. The largest absolute Gasteiger partial charge is 0.354 e. The number of carbonyl (C=O) groups excluding carboxylic acids is 1. The van der Waals surface area contributed by atoms with E-state index < -0.39 is 0 Å². The molecular formula is C27H27FN4O. The standard InChI is InChI=1S/C27H27FN4O/c28-22-9-7-21(8-10-22)27-24(23-5-1-2-6-25(23)30-27)11-12-26(33)32-16-14-31(15-17-32)19-20-4-3-13-29-18-20/h1-10,13,18,30H,11-12,14-17,19H2. The SMILES string of the molecule is O=C(CCc1c(-c2ccc(F)cc2)[nH]c2ccccc12)N1CCN(Cc2cccnc2)CC1. The highest BCUT2D eigenvalue weighted by Gasteiger charge is 2.22. The number of nitrogens with zero attached hydrogens (tertiary/aromatic N) is 3. The maximum atomic E-state index is 13.5. The number of nitrogens with one attached hydrogen (secondary N) is 1. The van der Waals surface area contributed by atoms with Gasteiger partial charge < -0.3 is 9.88 Å². The van der Waals surface area contributed by atoms with Gasteiger partial charge in [0.05, 0.1) is 0 Å². The number of benzene rings is 2. The smallest absolute Gasteiger partial charge is 0.222 e. The maximum Gasteiger partial charge on any atom is 0.222 e. The summed E-state index contributed by atoms with van der Waals surface area (Å²) in [5.41, 5.74) is 5.23. The normalized spacial score (nSPS) is 14.6. The Balaban J connectivity index is 1.25. The van der Waals surface area contributed by atoms with Crippen LogP contribution in [0.15, 0.2) is 73.1 Å². The van der Waals surface area contributed by atoms with Crippen LogP contribution in [0.3, 0.4) is 0 Å². The third kappa shape index (κ3) is 4.81. The molecule has 3 heterocycles. The molecule has 0 saturated carbocycles. The Morgan fingerprint density at radius 2 is 1.76 bits per heavy atom. The van der Waals surface area contributed by atoms with Crippen molar-refractivity contribution < 1.29 is 9.18 Å². The summed E-state index contributed by atoms with van der Waals surface area (Å²) in [6.45, 7) is 4.10. The minimum absolute atomic E-state index is 0.186. The number of aromatic amines is 1. The number of piperazine rings is 1. The van der Waals surface area contributed by atoms with Gasteiger partial charge in [-0.15, -0.1) is 0 Å². The predicted molar refractivity (Wildman–Crippen MR) is 128 cm³/mol. The summed E-state index contributed by atoms with van der Waals surface area (Å²) in [5, 5.41) is 1.12. The quantitative estimate of drug-likeness (QED) is 0.473. The molecule has 1 saturated heterocycles. The van der Waals surface area contributed by atoms with E-state index in [1.54, 1.807) is 18.3 Å². The number of hydrogen-bond acceptors (Lipinski definition) is 3. The monoisotopic (exact) mass is 442 g/mol. The molecule has 33 heavy (non-hydrogen) atoms. The molecule has 0 atom stereocenters. The van der Waals surface area contributed by atoms with E-state index in [2.05, 4.69) is 27.0 Å². The zero-order valence-electron chi connectivity index (χ0n) is 18.5. The number of hydrogen-bond donors (Lipinski definition) is 1. The molecule has 0 bridgehead atoms. The maximum absolute atomic E-state index is 13.5. The van der Waals surface area contributed by atoms with Gasteiger partial charge in [-0.2, -0.15) is 0 Å². The molecule has 5 nitrogen and oxygen atoms in total. The van der Waals surface area contributed by atoms with Gasteiger partial charge in [0.1, 0.15) is 5.82 Å². The average molecular weight is 443 g/mol. The van der Waals surface area contributed by atoms with E-state index in [1.165, 1.54) is 17.7 Å². The van der Waals surface area contributed by atoms with Crippen LogP contribution in [-0.4, -0.2) is 51.9 Å². The summed E-state index contributed by atoms with van der Waals surface area (Å²) in [4.78, 5) is 25.0. The number of carbonyl (C=O) groups is 1. The highest BCUT2D eigenvalue weighted by molar-refractivity contribution is 5.91. The summed E-state index contributed by atoms with van der Waals surface area (Å²) in [7, 11) is 0. The van der Waals surface area contributed by atoms with Gasteiger partial charge in [-0.25, -0.2) is 4.39 Å². The Bertz CT molecular complexity index is 1230. The fourth-order valence-electron chi connectivity index (χ4n) is 4.62. The number of rotatable bonds is 6. The van der Waals surface area contributed by atoms with E-state index in [9.17, 15) is 9.18 Å². The molecule has 2 aromatic heterocycles. The van der Waals surface area contributed by atoms with Crippen LogP contribution in [0, 0.1) is 5.82 Å². The molecule has 168 valence electrons. The van der Waals surface area contributed by atoms with Crippen molar-refractivity contribution in [2.45, 2.75) is 19.4 Å². The van der Waals surface area contributed by atoms with Crippen LogP contribution < -0.4 is 0 Å². The molecule has 0 radical (unpaired) electrons. The Morgan fingerprint density at radius 1 is 0.970 bits per heavy atom. The Hall–Kier alpha value is -3.51. The second-order valence-electron chi connectivity index (χ2n) is 8.55. The van der Waals surface area contributed by atoms with Crippen LogP contribution >= 0.6 is 0 Å². The molecule has 0 spiro atoms. The molecule has 0 unspecified atom stereocenters. The van der Waals surface area contributed by atoms with Crippen LogP contribution in [0.5, 0.6) is 0 Å². The minimum atomic E-state index is -0.255. The van der Waals surface area contributed by atoms with Gasteiger partial charge in [0.2, 0.25) is 5.91 Å². The van der Waals surface area contributed by atoms with Crippen LogP contribution in [0.25, 0.3) is 22.2 Å². The number of para-hydroxylation sites is 1. The highest BCUT2D eigenvalue weighted by Crippen LogP contribution is 2.31. The first-order valence-electron chi connectivity index (χ1n) is 11.4.